The molecule has 2 unspecified atom stereocenters. The minimum atomic E-state index is 0.576. The molecule has 102 valence electrons. The minimum Gasteiger partial charge on any atom is -0.310 e. The van der Waals surface area contributed by atoms with Crippen LogP contribution < -0.4 is 5.32 Å². The third-order valence-electron chi connectivity index (χ3n) is 4.77. The van der Waals surface area contributed by atoms with E-state index < -0.39 is 0 Å². The van der Waals surface area contributed by atoms with Gasteiger partial charge in [0, 0.05) is 6.04 Å². The molecule has 19 heavy (non-hydrogen) atoms. The van der Waals surface area contributed by atoms with Crippen LogP contribution in [0.5, 0.6) is 0 Å². The van der Waals surface area contributed by atoms with Crippen molar-refractivity contribution in [3.05, 3.63) is 41.0 Å². The van der Waals surface area contributed by atoms with Crippen LogP contribution in [0.25, 0.3) is 6.08 Å². The Kier molecular flexibility index (Phi) is 4.03. The molecule has 1 heteroatoms. The van der Waals surface area contributed by atoms with Crippen LogP contribution in [0.3, 0.4) is 0 Å². The summed E-state index contributed by atoms with van der Waals surface area (Å²) in [5.74, 6) is 0.913. The lowest BCUT2D eigenvalue weighted by Crippen LogP contribution is -2.36. The van der Waals surface area contributed by atoms with Gasteiger partial charge in [-0.2, -0.15) is 0 Å². The fraction of sp³-hybridized carbons (Fsp3) is 0.556. The lowest BCUT2D eigenvalue weighted by molar-refractivity contribution is 0.326. The fourth-order valence-corrected chi connectivity index (χ4v) is 3.47. The van der Waals surface area contributed by atoms with Gasteiger partial charge in [-0.15, -0.1) is 0 Å². The number of fused-ring (bicyclic) bond motifs is 1. The van der Waals surface area contributed by atoms with Gasteiger partial charge in [-0.25, -0.2) is 0 Å². The molecule has 0 spiro atoms. The molecule has 1 aromatic carbocycles. The SMILES string of the molecule is CCC1CCNC(/C=C/c2ccc3c(c2)CCC3)C1. The molecule has 1 aromatic rings. The van der Waals surface area contributed by atoms with E-state index in [1.165, 1.54) is 50.6 Å². The molecular weight excluding hydrogens is 230 g/mol. The van der Waals surface area contributed by atoms with Crippen molar-refractivity contribution in [2.75, 3.05) is 6.54 Å². The molecule has 3 rings (SSSR count). The smallest absolute Gasteiger partial charge is 0.0255 e. The first-order valence-corrected chi connectivity index (χ1v) is 7.88. The first-order chi connectivity index (χ1) is 9.35. The quantitative estimate of drug-likeness (QED) is 0.862. The Morgan fingerprint density at radius 1 is 1.26 bits per heavy atom. The molecule has 1 saturated heterocycles. The summed E-state index contributed by atoms with van der Waals surface area (Å²) >= 11 is 0. The molecule has 1 aliphatic heterocycles. The van der Waals surface area contributed by atoms with Gasteiger partial charge in [0.1, 0.15) is 0 Å². The molecule has 0 saturated carbocycles. The van der Waals surface area contributed by atoms with Crippen molar-refractivity contribution in [2.45, 2.75) is 51.5 Å². The molecule has 0 aromatic heterocycles. The highest BCUT2D eigenvalue weighted by molar-refractivity contribution is 5.53. The molecule has 2 atom stereocenters. The van der Waals surface area contributed by atoms with Crippen LogP contribution in [-0.4, -0.2) is 12.6 Å². The Bertz CT molecular complexity index is 461. The summed E-state index contributed by atoms with van der Waals surface area (Å²) in [5, 5.41) is 3.62. The number of aryl methyl sites for hydroxylation is 2. The number of benzene rings is 1. The summed E-state index contributed by atoms with van der Waals surface area (Å²) in [5.41, 5.74) is 4.52. The van der Waals surface area contributed by atoms with Gasteiger partial charge in [-0.05, 0) is 61.3 Å². The van der Waals surface area contributed by atoms with Crippen LogP contribution in [0, 0.1) is 5.92 Å². The summed E-state index contributed by atoms with van der Waals surface area (Å²) in [6, 6.07) is 7.57. The topological polar surface area (TPSA) is 12.0 Å². The van der Waals surface area contributed by atoms with Gasteiger partial charge in [0.05, 0.1) is 0 Å². The van der Waals surface area contributed by atoms with Gasteiger partial charge in [-0.3, -0.25) is 0 Å². The second-order valence-electron chi connectivity index (χ2n) is 6.10. The van der Waals surface area contributed by atoms with E-state index in [1.54, 1.807) is 11.1 Å². The monoisotopic (exact) mass is 255 g/mol. The Balaban J connectivity index is 1.65. The molecule has 0 amide bonds. The number of piperidine rings is 1. The van der Waals surface area contributed by atoms with E-state index >= 15 is 0 Å². The molecule has 1 fully saturated rings. The first-order valence-electron chi connectivity index (χ1n) is 7.88. The predicted molar refractivity (Wildman–Crippen MR) is 82.3 cm³/mol. The zero-order chi connectivity index (χ0) is 13.1. The second-order valence-corrected chi connectivity index (χ2v) is 6.10. The van der Waals surface area contributed by atoms with E-state index in [2.05, 4.69) is 42.6 Å². The van der Waals surface area contributed by atoms with Crippen molar-refractivity contribution in [3.63, 3.8) is 0 Å². The zero-order valence-electron chi connectivity index (χ0n) is 12.0. The number of hydrogen-bond acceptors (Lipinski definition) is 1. The highest BCUT2D eigenvalue weighted by Crippen LogP contribution is 2.24. The van der Waals surface area contributed by atoms with Crippen molar-refractivity contribution in [1.29, 1.82) is 0 Å². The Hall–Kier alpha value is -1.08. The maximum atomic E-state index is 3.62. The van der Waals surface area contributed by atoms with Gasteiger partial charge in [0.2, 0.25) is 0 Å². The fourth-order valence-electron chi connectivity index (χ4n) is 3.47. The second kappa shape index (κ2) is 5.92. The van der Waals surface area contributed by atoms with E-state index in [4.69, 9.17) is 0 Å². The van der Waals surface area contributed by atoms with Crippen molar-refractivity contribution in [1.82, 2.24) is 5.32 Å². The highest BCUT2D eigenvalue weighted by Gasteiger charge is 2.17. The Morgan fingerprint density at radius 2 is 2.16 bits per heavy atom. The van der Waals surface area contributed by atoms with E-state index in [-0.39, 0.29) is 0 Å². The predicted octanol–water partition coefficient (Wildman–Crippen LogP) is 3.97. The van der Waals surface area contributed by atoms with E-state index in [0.717, 1.165) is 5.92 Å². The largest absolute Gasteiger partial charge is 0.310 e. The maximum Gasteiger partial charge on any atom is 0.0255 e. The molecule has 0 radical (unpaired) electrons. The van der Waals surface area contributed by atoms with E-state index in [9.17, 15) is 0 Å². The van der Waals surface area contributed by atoms with Gasteiger partial charge in [-0.1, -0.05) is 43.7 Å². The normalized spacial score (nSPS) is 26.8. The number of hydrogen-bond donors (Lipinski definition) is 1. The highest BCUT2D eigenvalue weighted by atomic mass is 14.9. The van der Waals surface area contributed by atoms with Crippen LogP contribution in [-0.2, 0) is 12.8 Å². The molecule has 1 N–H and O–H groups in total. The molecule has 2 aliphatic rings. The average Bonchev–Trinajstić information content (AvgIpc) is 2.93. The van der Waals surface area contributed by atoms with E-state index in [0.29, 0.717) is 6.04 Å². The molecule has 1 aliphatic carbocycles. The first kappa shape index (κ1) is 12.9. The molecule has 0 bridgehead atoms. The summed E-state index contributed by atoms with van der Waals surface area (Å²) in [6.07, 6.45) is 12.6. The van der Waals surface area contributed by atoms with Crippen LogP contribution in [0.2, 0.25) is 0 Å². The summed E-state index contributed by atoms with van der Waals surface area (Å²) in [6.45, 7) is 3.49. The molecular formula is C18H25N. The third-order valence-corrected chi connectivity index (χ3v) is 4.77. The van der Waals surface area contributed by atoms with Crippen molar-refractivity contribution in [2.24, 2.45) is 5.92 Å². The van der Waals surface area contributed by atoms with Gasteiger partial charge in [0.15, 0.2) is 0 Å². The van der Waals surface area contributed by atoms with Gasteiger partial charge < -0.3 is 5.32 Å². The van der Waals surface area contributed by atoms with Crippen LogP contribution >= 0.6 is 0 Å². The van der Waals surface area contributed by atoms with Crippen LogP contribution in [0.4, 0.5) is 0 Å². The zero-order valence-corrected chi connectivity index (χ0v) is 12.0. The third kappa shape index (κ3) is 3.09. The number of rotatable bonds is 3. The lowest BCUT2D eigenvalue weighted by Gasteiger charge is -2.27. The summed E-state index contributed by atoms with van der Waals surface area (Å²) in [7, 11) is 0. The van der Waals surface area contributed by atoms with E-state index in [1.807, 2.05) is 0 Å². The summed E-state index contributed by atoms with van der Waals surface area (Å²) < 4.78 is 0. The minimum absolute atomic E-state index is 0.576. The Labute approximate surface area is 117 Å². The molecule has 1 nitrogen and oxygen atoms in total. The lowest BCUT2D eigenvalue weighted by atomic mass is 9.90. The van der Waals surface area contributed by atoms with Crippen LogP contribution in [0.15, 0.2) is 24.3 Å². The van der Waals surface area contributed by atoms with Crippen molar-refractivity contribution < 1.29 is 0 Å². The molecule has 1 heterocycles. The maximum absolute atomic E-state index is 3.62. The van der Waals surface area contributed by atoms with Crippen molar-refractivity contribution in [3.8, 4) is 0 Å². The summed E-state index contributed by atoms with van der Waals surface area (Å²) in [4.78, 5) is 0. The van der Waals surface area contributed by atoms with Crippen LogP contribution in [0.1, 0.15) is 49.3 Å². The van der Waals surface area contributed by atoms with Gasteiger partial charge >= 0.3 is 0 Å². The standard InChI is InChI=1S/C18H25N/c1-2-14-10-11-19-18(13-14)9-7-15-6-8-16-4-3-5-17(16)12-15/h6-9,12,14,18-19H,2-5,10-11,13H2,1H3/b9-7+. The number of nitrogens with one attached hydrogen (secondary N) is 1. The van der Waals surface area contributed by atoms with Crippen molar-refractivity contribution >= 4 is 6.08 Å². The van der Waals surface area contributed by atoms with Gasteiger partial charge in [0.25, 0.3) is 0 Å². The Morgan fingerprint density at radius 3 is 3.05 bits per heavy atom. The average molecular weight is 255 g/mol.